The van der Waals surface area contributed by atoms with Crippen LogP contribution >= 0.6 is 0 Å². The number of hydrogen-bond donors (Lipinski definition) is 2. The molecule has 41 heavy (non-hydrogen) atoms. The first-order valence-corrected chi connectivity index (χ1v) is 13.4. The highest BCUT2D eigenvalue weighted by molar-refractivity contribution is 5.88. The number of rotatable bonds is 6. The van der Waals surface area contributed by atoms with Crippen molar-refractivity contribution in [2.45, 2.75) is 45.8 Å². The summed E-state index contributed by atoms with van der Waals surface area (Å²) in [7, 11) is 0. The second-order valence-electron chi connectivity index (χ2n) is 11.0. The molecule has 210 valence electrons. The molecule has 0 saturated carbocycles. The van der Waals surface area contributed by atoms with Crippen LogP contribution in [0, 0.1) is 6.92 Å². The van der Waals surface area contributed by atoms with Crippen LogP contribution in [-0.4, -0.2) is 65.3 Å². The lowest BCUT2D eigenvalue weighted by Crippen LogP contribution is -2.36. The maximum absolute atomic E-state index is 12.4. The van der Waals surface area contributed by atoms with Gasteiger partial charge in [0, 0.05) is 37.1 Å². The molecule has 5 heterocycles. The summed E-state index contributed by atoms with van der Waals surface area (Å²) in [6.45, 7) is 8.77. The molecule has 12 nitrogen and oxygen atoms in total. The maximum atomic E-state index is 12.4. The first kappa shape index (κ1) is 26.2. The average Bonchev–Trinajstić information content (AvgIpc) is 3.59. The van der Waals surface area contributed by atoms with Crippen LogP contribution < -0.4 is 15.4 Å². The van der Waals surface area contributed by atoms with Crippen LogP contribution in [-0.2, 0) is 4.74 Å². The number of likely N-dealkylation sites (tertiary alicyclic amines) is 1. The molecule has 1 saturated heterocycles. The lowest BCUT2D eigenvalue weighted by molar-refractivity contribution is 0.0293. The number of anilines is 3. The first-order chi connectivity index (χ1) is 19.7. The molecule has 0 aliphatic carbocycles. The second-order valence-corrected chi connectivity index (χ2v) is 11.0. The minimum absolute atomic E-state index is 0.0640. The summed E-state index contributed by atoms with van der Waals surface area (Å²) in [6.07, 6.45) is 5.33. The summed E-state index contributed by atoms with van der Waals surface area (Å²) in [5, 5.41) is 10.9. The standard InChI is InChI=1S/C29H31N9O3/c1-18-13-19(5-7-23(18)40-21-10-12-38-25(14-21)31-17-33-38)35-27-26-22(30-16-32-27)6-8-24(36-26)34-20-9-11-37(15-20)28(39)41-29(2,3)4/h5-8,10,12-14,16-17,20H,9,11,15H2,1-4H3,(H,34,36)(H,30,32,35)/t20-/m1/s1. The largest absolute Gasteiger partial charge is 0.457 e. The SMILES string of the molecule is Cc1cc(Nc2ncnc3ccc(N[C@@H]4CCN(C(=O)OC(C)(C)C)C4)nc23)ccc1Oc1ccn2ncnc2c1. The van der Waals surface area contributed by atoms with E-state index in [1.165, 1.54) is 12.7 Å². The zero-order valence-electron chi connectivity index (χ0n) is 23.3. The van der Waals surface area contributed by atoms with Gasteiger partial charge >= 0.3 is 6.09 Å². The van der Waals surface area contributed by atoms with Crippen LogP contribution in [0.4, 0.5) is 22.1 Å². The third-order valence-corrected chi connectivity index (χ3v) is 6.59. The van der Waals surface area contributed by atoms with Crippen molar-refractivity contribution in [3.8, 4) is 11.5 Å². The van der Waals surface area contributed by atoms with Gasteiger partial charge in [-0.05, 0) is 76.1 Å². The Bertz CT molecular complexity index is 1730. The molecular formula is C29H31N9O3. The topological polar surface area (TPSA) is 132 Å². The molecule has 0 radical (unpaired) electrons. The zero-order valence-corrected chi connectivity index (χ0v) is 23.3. The Hall–Kier alpha value is -5.00. The van der Waals surface area contributed by atoms with E-state index in [1.54, 1.807) is 9.42 Å². The highest BCUT2D eigenvalue weighted by Crippen LogP contribution is 2.30. The monoisotopic (exact) mass is 553 g/mol. The van der Waals surface area contributed by atoms with E-state index in [2.05, 4.69) is 30.7 Å². The molecular weight excluding hydrogens is 522 g/mol. The summed E-state index contributed by atoms with van der Waals surface area (Å²) in [6, 6.07) is 13.4. The predicted octanol–water partition coefficient (Wildman–Crippen LogP) is 5.33. The van der Waals surface area contributed by atoms with Gasteiger partial charge in [-0.25, -0.2) is 29.2 Å². The maximum Gasteiger partial charge on any atom is 0.410 e. The predicted molar refractivity (Wildman–Crippen MR) is 155 cm³/mol. The number of aromatic nitrogens is 6. The van der Waals surface area contributed by atoms with Crippen molar-refractivity contribution in [3.63, 3.8) is 0 Å². The van der Waals surface area contributed by atoms with Crippen molar-refractivity contribution in [2.75, 3.05) is 23.7 Å². The number of aryl methyl sites for hydroxylation is 1. The lowest BCUT2D eigenvalue weighted by atomic mass is 10.2. The molecule has 1 atom stereocenters. The molecule has 0 spiro atoms. The molecule has 0 unspecified atom stereocenters. The van der Waals surface area contributed by atoms with E-state index in [0.29, 0.717) is 41.6 Å². The quantitative estimate of drug-likeness (QED) is 0.284. The average molecular weight is 554 g/mol. The fraction of sp³-hybridized carbons (Fsp3) is 0.310. The van der Waals surface area contributed by atoms with Gasteiger partial charge in [0.05, 0.1) is 5.52 Å². The number of ether oxygens (including phenoxy) is 2. The number of pyridine rings is 2. The summed E-state index contributed by atoms with van der Waals surface area (Å²) >= 11 is 0. The smallest absolute Gasteiger partial charge is 0.410 e. The Kier molecular flexibility index (Phi) is 6.73. The van der Waals surface area contributed by atoms with E-state index in [-0.39, 0.29) is 12.1 Å². The number of nitrogens with one attached hydrogen (secondary N) is 2. The zero-order chi connectivity index (χ0) is 28.6. The number of carbonyl (C=O) groups is 1. The van der Waals surface area contributed by atoms with E-state index in [9.17, 15) is 4.79 Å². The van der Waals surface area contributed by atoms with Gasteiger partial charge in [-0.3, -0.25) is 0 Å². The van der Waals surface area contributed by atoms with Crippen LogP contribution in [0.5, 0.6) is 11.5 Å². The summed E-state index contributed by atoms with van der Waals surface area (Å²) in [4.78, 5) is 32.0. The Morgan fingerprint density at radius 2 is 1.93 bits per heavy atom. The molecule has 1 aliphatic rings. The molecule has 6 rings (SSSR count). The Labute approximate surface area is 236 Å². The van der Waals surface area contributed by atoms with Gasteiger partial charge in [0.2, 0.25) is 0 Å². The molecule has 5 aromatic rings. The van der Waals surface area contributed by atoms with Gasteiger partial charge in [0.25, 0.3) is 0 Å². The van der Waals surface area contributed by atoms with Gasteiger partial charge in [-0.15, -0.1) is 0 Å². The number of amides is 1. The van der Waals surface area contributed by atoms with Crippen molar-refractivity contribution in [3.05, 3.63) is 66.9 Å². The number of nitrogens with zero attached hydrogens (tertiary/aromatic N) is 7. The van der Waals surface area contributed by atoms with Crippen molar-refractivity contribution < 1.29 is 14.3 Å². The van der Waals surface area contributed by atoms with Crippen LogP contribution in [0.15, 0.2) is 61.3 Å². The van der Waals surface area contributed by atoms with Gasteiger partial charge < -0.3 is 25.0 Å². The normalized spacial score (nSPS) is 15.3. The number of benzene rings is 1. The highest BCUT2D eigenvalue weighted by Gasteiger charge is 2.30. The first-order valence-electron chi connectivity index (χ1n) is 13.4. The van der Waals surface area contributed by atoms with Gasteiger partial charge in [-0.2, -0.15) is 5.10 Å². The second kappa shape index (κ2) is 10.5. The summed E-state index contributed by atoms with van der Waals surface area (Å²) in [5.74, 6) is 2.69. The molecule has 2 N–H and O–H groups in total. The van der Waals surface area contributed by atoms with Crippen molar-refractivity contribution >= 4 is 40.1 Å². The Morgan fingerprint density at radius 3 is 2.76 bits per heavy atom. The van der Waals surface area contributed by atoms with E-state index in [0.717, 1.165) is 28.9 Å². The van der Waals surface area contributed by atoms with E-state index >= 15 is 0 Å². The third kappa shape index (κ3) is 5.96. The molecule has 12 heteroatoms. The highest BCUT2D eigenvalue weighted by atomic mass is 16.6. The van der Waals surface area contributed by atoms with Crippen molar-refractivity contribution in [2.24, 2.45) is 0 Å². The van der Waals surface area contributed by atoms with Crippen LogP contribution in [0.3, 0.4) is 0 Å². The number of carbonyl (C=O) groups excluding carboxylic acids is 1. The third-order valence-electron chi connectivity index (χ3n) is 6.59. The van der Waals surface area contributed by atoms with Crippen LogP contribution in [0.2, 0.25) is 0 Å². The molecule has 4 aromatic heterocycles. The molecule has 1 aromatic carbocycles. The Morgan fingerprint density at radius 1 is 1.05 bits per heavy atom. The number of hydrogen-bond acceptors (Lipinski definition) is 10. The Balaban J connectivity index is 1.15. The minimum atomic E-state index is -0.523. The fourth-order valence-electron chi connectivity index (χ4n) is 4.66. The van der Waals surface area contributed by atoms with E-state index in [4.69, 9.17) is 14.5 Å². The van der Waals surface area contributed by atoms with Crippen molar-refractivity contribution in [1.29, 1.82) is 0 Å². The van der Waals surface area contributed by atoms with Crippen molar-refractivity contribution in [1.82, 2.24) is 34.4 Å². The lowest BCUT2D eigenvalue weighted by Gasteiger charge is -2.24. The number of fused-ring (bicyclic) bond motifs is 2. The fourth-order valence-corrected chi connectivity index (χ4v) is 4.66. The molecule has 1 aliphatic heterocycles. The van der Waals surface area contributed by atoms with Gasteiger partial charge in [-0.1, -0.05) is 0 Å². The molecule has 0 bridgehead atoms. The van der Waals surface area contributed by atoms with Crippen LogP contribution in [0.1, 0.15) is 32.8 Å². The van der Waals surface area contributed by atoms with E-state index in [1.807, 2.05) is 76.4 Å². The molecule has 1 fully saturated rings. The summed E-state index contributed by atoms with van der Waals surface area (Å²) in [5.41, 5.74) is 3.33. The van der Waals surface area contributed by atoms with Gasteiger partial charge in [0.15, 0.2) is 11.5 Å². The minimum Gasteiger partial charge on any atom is -0.457 e. The molecule has 1 amide bonds. The summed E-state index contributed by atoms with van der Waals surface area (Å²) < 4.78 is 13.3. The van der Waals surface area contributed by atoms with Gasteiger partial charge in [0.1, 0.15) is 41.1 Å². The van der Waals surface area contributed by atoms with Crippen LogP contribution in [0.25, 0.3) is 16.7 Å². The van der Waals surface area contributed by atoms with E-state index < -0.39 is 5.60 Å².